The minimum atomic E-state index is -0.357. The summed E-state index contributed by atoms with van der Waals surface area (Å²) in [6.07, 6.45) is 5.17. The van der Waals surface area contributed by atoms with E-state index in [1.54, 1.807) is 0 Å². The Bertz CT molecular complexity index is 714. The van der Waals surface area contributed by atoms with Gasteiger partial charge in [0.15, 0.2) is 0 Å². The molecule has 0 spiro atoms. The van der Waals surface area contributed by atoms with E-state index in [1.807, 2.05) is 6.07 Å². The highest BCUT2D eigenvalue weighted by molar-refractivity contribution is 5.87. The van der Waals surface area contributed by atoms with Crippen molar-refractivity contribution in [3.8, 4) is 0 Å². The van der Waals surface area contributed by atoms with E-state index in [0.29, 0.717) is 6.04 Å². The first-order chi connectivity index (χ1) is 13.6. The van der Waals surface area contributed by atoms with Crippen LogP contribution in [0.2, 0.25) is 0 Å². The lowest BCUT2D eigenvalue weighted by molar-refractivity contribution is -0.134. The molecule has 0 radical (unpaired) electrons. The number of carbonyl (C=O) groups is 1. The molecule has 0 aromatic heterocycles. The average Bonchev–Trinajstić information content (AvgIpc) is 3.27. The molecule has 0 unspecified atom stereocenters. The molecule has 0 aliphatic carbocycles. The first-order valence-corrected chi connectivity index (χ1v) is 10.9. The van der Waals surface area contributed by atoms with Crippen molar-refractivity contribution in [2.24, 2.45) is 5.73 Å². The Morgan fingerprint density at radius 2 is 2.04 bits per heavy atom. The molecule has 4 fully saturated rings. The number of hydrogen-bond acceptors (Lipinski definition) is 5. The van der Waals surface area contributed by atoms with E-state index in [9.17, 15) is 4.79 Å². The number of nitrogens with two attached hydrogens (primary N) is 1. The number of hydrogen-bond donors (Lipinski definition) is 2. The van der Waals surface area contributed by atoms with Crippen LogP contribution in [0.3, 0.4) is 0 Å². The average molecular weight is 385 g/mol. The smallest absolute Gasteiger partial charge is 0.240 e. The van der Waals surface area contributed by atoms with Gasteiger partial charge in [0.25, 0.3) is 0 Å². The molecule has 152 valence electrons. The third-order valence-corrected chi connectivity index (χ3v) is 7.28. The van der Waals surface area contributed by atoms with Crippen molar-refractivity contribution in [1.82, 2.24) is 15.1 Å². The van der Waals surface area contributed by atoms with Gasteiger partial charge in [-0.2, -0.15) is 0 Å². The van der Waals surface area contributed by atoms with Gasteiger partial charge in [0.2, 0.25) is 5.91 Å². The number of benzene rings is 1. The topological polar surface area (TPSA) is 70.8 Å². The molecule has 4 heterocycles. The Kier molecular flexibility index (Phi) is 4.91. The van der Waals surface area contributed by atoms with Gasteiger partial charge >= 0.3 is 0 Å². The van der Waals surface area contributed by atoms with E-state index in [-0.39, 0.29) is 29.6 Å². The van der Waals surface area contributed by atoms with Crippen LogP contribution >= 0.6 is 0 Å². The van der Waals surface area contributed by atoms with E-state index in [1.165, 1.54) is 12.0 Å². The molecule has 1 amide bonds. The number of carbonyl (C=O) groups excluding carboxylic acids is 1. The predicted molar refractivity (Wildman–Crippen MR) is 108 cm³/mol. The van der Waals surface area contributed by atoms with Crippen LogP contribution < -0.4 is 11.1 Å². The third-order valence-electron chi connectivity index (χ3n) is 7.28. The molecule has 4 saturated heterocycles. The zero-order valence-electron chi connectivity index (χ0n) is 16.6. The first-order valence-electron chi connectivity index (χ1n) is 10.9. The van der Waals surface area contributed by atoms with E-state index >= 15 is 0 Å². The molecule has 4 aliphatic rings. The van der Waals surface area contributed by atoms with E-state index in [0.717, 1.165) is 58.5 Å². The van der Waals surface area contributed by atoms with Crippen LogP contribution in [0.4, 0.5) is 0 Å². The maximum atomic E-state index is 13.3. The summed E-state index contributed by atoms with van der Waals surface area (Å²) in [6.45, 7) is 4.44. The quantitative estimate of drug-likeness (QED) is 0.821. The van der Waals surface area contributed by atoms with E-state index in [4.69, 9.17) is 10.5 Å². The number of amides is 1. The van der Waals surface area contributed by atoms with Crippen LogP contribution in [0, 0.1) is 0 Å². The second-order valence-corrected chi connectivity index (χ2v) is 9.15. The molecule has 1 aromatic carbocycles. The summed E-state index contributed by atoms with van der Waals surface area (Å²) in [7, 11) is 0. The van der Waals surface area contributed by atoms with E-state index < -0.39 is 0 Å². The highest BCUT2D eigenvalue weighted by Gasteiger charge is 2.52. The Morgan fingerprint density at radius 1 is 1.18 bits per heavy atom. The Hall–Kier alpha value is -1.47. The maximum absolute atomic E-state index is 13.3. The summed E-state index contributed by atoms with van der Waals surface area (Å²) in [5, 5.41) is 3.41. The fourth-order valence-electron chi connectivity index (χ4n) is 5.89. The van der Waals surface area contributed by atoms with E-state index in [2.05, 4.69) is 39.4 Å². The standard InChI is InChI=1S/C22H32N4O2/c23-17-11-22(8-4-5-9-26(22)12-17)21(27)24-18-10-19-15-28-20(14-25(19)13-18)16-6-2-1-3-7-16/h1-3,6-7,17-20H,4-5,8-15,23H2,(H,24,27)/t17-,18+,19-,20+,22-/m0/s1. The maximum Gasteiger partial charge on any atom is 0.240 e. The van der Waals surface area contributed by atoms with Gasteiger partial charge in [-0.15, -0.1) is 0 Å². The summed E-state index contributed by atoms with van der Waals surface area (Å²) in [4.78, 5) is 18.2. The molecule has 5 rings (SSSR count). The Balaban J connectivity index is 1.23. The Morgan fingerprint density at radius 3 is 2.89 bits per heavy atom. The minimum absolute atomic E-state index is 0.124. The molecular formula is C22H32N4O2. The van der Waals surface area contributed by atoms with Gasteiger partial charge in [0.05, 0.1) is 12.7 Å². The van der Waals surface area contributed by atoms with Crippen molar-refractivity contribution >= 4 is 5.91 Å². The van der Waals surface area contributed by atoms with Crippen LogP contribution in [0.25, 0.3) is 0 Å². The minimum Gasteiger partial charge on any atom is -0.371 e. The number of fused-ring (bicyclic) bond motifs is 2. The zero-order valence-corrected chi connectivity index (χ0v) is 16.6. The van der Waals surface area contributed by atoms with Crippen LogP contribution in [0.15, 0.2) is 30.3 Å². The molecule has 28 heavy (non-hydrogen) atoms. The molecule has 0 saturated carbocycles. The second kappa shape index (κ2) is 7.41. The van der Waals surface area contributed by atoms with Crippen LogP contribution in [0.1, 0.15) is 43.8 Å². The van der Waals surface area contributed by atoms with Crippen molar-refractivity contribution in [2.45, 2.75) is 61.9 Å². The van der Waals surface area contributed by atoms with Crippen LogP contribution in [0.5, 0.6) is 0 Å². The summed E-state index contributed by atoms with van der Waals surface area (Å²) >= 11 is 0. The number of nitrogens with zero attached hydrogens (tertiary/aromatic N) is 2. The first kappa shape index (κ1) is 18.6. The van der Waals surface area contributed by atoms with Gasteiger partial charge in [0.1, 0.15) is 5.54 Å². The molecule has 3 N–H and O–H groups in total. The largest absolute Gasteiger partial charge is 0.371 e. The lowest BCUT2D eigenvalue weighted by Gasteiger charge is -2.41. The van der Waals surface area contributed by atoms with Crippen molar-refractivity contribution < 1.29 is 9.53 Å². The number of ether oxygens (including phenoxy) is 1. The molecule has 0 bridgehead atoms. The zero-order chi connectivity index (χ0) is 19.1. The molecular weight excluding hydrogens is 352 g/mol. The molecule has 6 nitrogen and oxygen atoms in total. The van der Waals surface area contributed by atoms with Crippen LogP contribution in [-0.2, 0) is 9.53 Å². The van der Waals surface area contributed by atoms with Gasteiger partial charge in [0, 0.05) is 37.8 Å². The van der Waals surface area contributed by atoms with Crippen LogP contribution in [-0.4, -0.2) is 72.2 Å². The lowest BCUT2D eigenvalue weighted by Crippen LogP contribution is -2.59. The Labute approximate surface area is 167 Å². The third kappa shape index (κ3) is 3.26. The van der Waals surface area contributed by atoms with Crippen molar-refractivity contribution in [2.75, 3.05) is 32.8 Å². The van der Waals surface area contributed by atoms with Gasteiger partial charge in [-0.3, -0.25) is 14.6 Å². The fraction of sp³-hybridized carbons (Fsp3) is 0.682. The number of rotatable bonds is 3. The fourth-order valence-corrected chi connectivity index (χ4v) is 5.89. The SMILES string of the molecule is N[C@@H]1CN2CCCC[C@@]2(C(=O)N[C@@H]2C[C@H]3CO[C@@H](c4ccccc4)CN3C2)C1. The van der Waals surface area contributed by atoms with Crippen molar-refractivity contribution in [3.63, 3.8) is 0 Å². The number of nitrogens with one attached hydrogen (secondary N) is 1. The normalized spacial score (nSPS) is 38.8. The van der Waals surface area contributed by atoms with Gasteiger partial charge < -0.3 is 15.8 Å². The summed E-state index contributed by atoms with van der Waals surface area (Å²) in [6, 6.07) is 11.2. The predicted octanol–water partition coefficient (Wildman–Crippen LogP) is 1.27. The van der Waals surface area contributed by atoms with Gasteiger partial charge in [-0.1, -0.05) is 30.3 Å². The van der Waals surface area contributed by atoms with Gasteiger partial charge in [-0.05, 0) is 44.2 Å². The molecule has 4 aliphatic heterocycles. The number of piperidine rings is 1. The number of morpholine rings is 1. The highest BCUT2D eigenvalue weighted by Crippen LogP contribution is 2.38. The summed E-state index contributed by atoms with van der Waals surface area (Å²) < 4.78 is 6.15. The van der Waals surface area contributed by atoms with Crippen molar-refractivity contribution in [1.29, 1.82) is 0 Å². The summed E-state index contributed by atoms with van der Waals surface area (Å²) in [5.74, 6) is 0.213. The molecule has 1 aromatic rings. The molecule has 6 heteroatoms. The van der Waals surface area contributed by atoms with Gasteiger partial charge in [-0.25, -0.2) is 0 Å². The van der Waals surface area contributed by atoms with Crippen molar-refractivity contribution in [3.05, 3.63) is 35.9 Å². The monoisotopic (exact) mass is 384 g/mol. The summed E-state index contributed by atoms with van der Waals surface area (Å²) in [5.41, 5.74) is 7.13. The highest BCUT2D eigenvalue weighted by atomic mass is 16.5. The second-order valence-electron chi connectivity index (χ2n) is 9.15. The molecule has 5 atom stereocenters. The lowest BCUT2D eigenvalue weighted by atomic mass is 9.84.